The molecule has 2 aromatic rings. The highest BCUT2D eigenvalue weighted by molar-refractivity contribution is 7.88. The molecule has 8 nitrogen and oxygen atoms in total. The molecule has 0 bridgehead atoms. The van der Waals surface area contributed by atoms with E-state index in [0.717, 1.165) is 23.8 Å². The summed E-state index contributed by atoms with van der Waals surface area (Å²) in [6.45, 7) is 2.17. The van der Waals surface area contributed by atoms with Crippen LogP contribution in [0.4, 0.5) is 23.5 Å². The van der Waals surface area contributed by atoms with Crippen molar-refractivity contribution < 1.29 is 31.1 Å². The van der Waals surface area contributed by atoms with Crippen molar-refractivity contribution in [1.82, 2.24) is 19.3 Å². The number of aromatic nitrogens is 3. The first kappa shape index (κ1) is 24.2. The Labute approximate surface area is 192 Å². The van der Waals surface area contributed by atoms with E-state index in [1.165, 1.54) is 4.31 Å². The highest BCUT2D eigenvalue weighted by atomic mass is 32.2. The third-order valence-electron chi connectivity index (χ3n) is 5.85. The standard InChI is InChI=1S/C19H23F4N5O3S2/c1-18(29)7-10(8-18)16-27-15(19(21,22)23)14(32-16)13-12(20)9-24-17(26-13)25-11-3-5-28(6-4-11)33(2,30)31/h9-11,29H,3-8H2,1-2H3,(H,24,25,26)/t10-,18+. The van der Waals surface area contributed by atoms with Crippen LogP contribution in [0.3, 0.4) is 0 Å². The van der Waals surface area contributed by atoms with Gasteiger partial charge in [-0.15, -0.1) is 11.3 Å². The summed E-state index contributed by atoms with van der Waals surface area (Å²) in [5.41, 5.74) is -2.65. The van der Waals surface area contributed by atoms with Crippen molar-refractivity contribution in [3.05, 3.63) is 22.7 Å². The van der Waals surface area contributed by atoms with E-state index < -0.39 is 43.9 Å². The summed E-state index contributed by atoms with van der Waals surface area (Å²) in [7, 11) is -3.30. The molecule has 182 valence electrons. The summed E-state index contributed by atoms with van der Waals surface area (Å²) < 4.78 is 80.2. The largest absolute Gasteiger partial charge is 0.434 e. The fourth-order valence-electron chi connectivity index (χ4n) is 4.15. The van der Waals surface area contributed by atoms with E-state index in [1.54, 1.807) is 6.92 Å². The predicted octanol–water partition coefficient (Wildman–Crippen LogP) is 3.22. The molecule has 0 amide bonds. The minimum absolute atomic E-state index is 0.0427. The molecule has 2 fully saturated rings. The first-order valence-electron chi connectivity index (χ1n) is 10.3. The summed E-state index contributed by atoms with van der Waals surface area (Å²) in [6, 6.07) is -0.211. The van der Waals surface area contributed by atoms with E-state index in [2.05, 4.69) is 20.3 Å². The van der Waals surface area contributed by atoms with Gasteiger partial charge in [-0.2, -0.15) is 13.2 Å². The van der Waals surface area contributed by atoms with Gasteiger partial charge >= 0.3 is 6.18 Å². The summed E-state index contributed by atoms with van der Waals surface area (Å²) in [5, 5.41) is 13.1. The monoisotopic (exact) mass is 509 g/mol. The van der Waals surface area contributed by atoms with Crippen LogP contribution in [0.15, 0.2) is 6.20 Å². The maximum absolute atomic E-state index is 14.6. The molecule has 2 aromatic heterocycles. The van der Waals surface area contributed by atoms with Crippen LogP contribution in [0.1, 0.15) is 49.2 Å². The quantitative estimate of drug-likeness (QED) is 0.596. The Bertz CT molecular complexity index is 1140. The van der Waals surface area contributed by atoms with E-state index in [4.69, 9.17) is 0 Å². The number of piperidine rings is 1. The molecule has 0 atom stereocenters. The number of aliphatic hydroxyl groups is 1. The molecule has 1 aliphatic carbocycles. The Morgan fingerprint density at radius 2 is 1.88 bits per heavy atom. The number of thiazole rings is 1. The Morgan fingerprint density at radius 1 is 1.24 bits per heavy atom. The zero-order valence-electron chi connectivity index (χ0n) is 17.9. The van der Waals surface area contributed by atoms with Crippen LogP contribution < -0.4 is 5.32 Å². The van der Waals surface area contributed by atoms with E-state index in [9.17, 15) is 31.1 Å². The highest BCUT2D eigenvalue weighted by Gasteiger charge is 2.44. The number of nitrogens with one attached hydrogen (secondary N) is 1. The van der Waals surface area contributed by atoms with Gasteiger partial charge in [0.15, 0.2) is 11.5 Å². The summed E-state index contributed by atoms with van der Waals surface area (Å²) in [4.78, 5) is 11.2. The fraction of sp³-hybridized carbons (Fsp3) is 0.632. The van der Waals surface area contributed by atoms with E-state index in [-0.39, 0.29) is 48.8 Å². The van der Waals surface area contributed by atoms with Crippen LogP contribution in [-0.2, 0) is 16.2 Å². The van der Waals surface area contributed by atoms with Gasteiger partial charge in [-0.25, -0.2) is 32.1 Å². The lowest BCUT2D eigenvalue weighted by Gasteiger charge is -2.39. The highest BCUT2D eigenvalue weighted by Crippen LogP contribution is 2.49. The number of halogens is 4. The van der Waals surface area contributed by atoms with Gasteiger partial charge in [0.1, 0.15) is 5.69 Å². The van der Waals surface area contributed by atoms with E-state index >= 15 is 0 Å². The summed E-state index contributed by atoms with van der Waals surface area (Å²) >= 11 is 0.722. The number of hydrogen-bond donors (Lipinski definition) is 2. The van der Waals surface area contributed by atoms with Gasteiger partial charge in [-0.05, 0) is 32.6 Å². The Morgan fingerprint density at radius 3 is 2.42 bits per heavy atom. The molecular formula is C19H23F4N5O3S2. The second-order valence-corrected chi connectivity index (χ2v) is 11.8. The van der Waals surface area contributed by atoms with Gasteiger partial charge in [0, 0.05) is 25.0 Å². The molecule has 0 aromatic carbocycles. The first-order valence-corrected chi connectivity index (χ1v) is 12.9. The second-order valence-electron chi connectivity index (χ2n) is 8.80. The number of sulfonamides is 1. The molecule has 33 heavy (non-hydrogen) atoms. The Kier molecular flexibility index (Phi) is 6.16. The van der Waals surface area contributed by atoms with Crippen LogP contribution in [-0.4, -0.2) is 63.8 Å². The van der Waals surface area contributed by atoms with E-state index in [0.29, 0.717) is 12.8 Å². The van der Waals surface area contributed by atoms with Crippen LogP contribution in [0.2, 0.25) is 0 Å². The molecule has 2 N–H and O–H groups in total. The number of rotatable bonds is 5. The summed E-state index contributed by atoms with van der Waals surface area (Å²) in [5.74, 6) is -1.38. The van der Waals surface area contributed by atoms with Gasteiger partial charge in [0.2, 0.25) is 16.0 Å². The maximum Gasteiger partial charge on any atom is 0.434 e. The molecule has 1 saturated carbocycles. The SMILES string of the molecule is CS(=O)(=O)N1CCC(Nc2ncc(F)c(-c3sc([C@H]4C[C@@](C)(O)C4)nc3C(F)(F)F)n2)CC1. The smallest absolute Gasteiger partial charge is 0.390 e. The van der Waals surface area contributed by atoms with Crippen LogP contribution in [0.25, 0.3) is 10.6 Å². The summed E-state index contributed by atoms with van der Waals surface area (Å²) in [6.07, 6.45) is -1.41. The van der Waals surface area contributed by atoms with E-state index in [1.807, 2.05) is 0 Å². The Hall–Kier alpha value is -1.90. The third-order valence-corrected chi connectivity index (χ3v) is 8.38. The van der Waals surface area contributed by atoms with Crippen molar-refractivity contribution in [3.8, 4) is 10.6 Å². The minimum atomic E-state index is -4.81. The van der Waals surface area contributed by atoms with Crippen molar-refractivity contribution in [3.63, 3.8) is 0 Å². The second kappa shape index (κ2) is 8.40. The number of nitrogens with zero attached hydrogens (tertiary/aromatic N) is 4. The van der Waals surface area contributed by atoms with Crippen molar-refractivity contribution in [2.45, 2.75) is 56.3 Å². The maximum atomic E-state index is 14.6. The molecular weight excluding hydrogens is 486 g/mol. The van der Waals surface area contributed by atoms with Gasteiger partial charge < -0.3 is 10.4 Å². The topological polar surface area (TPSA) is 108 Å². The average molecular weight is 510 g/mol. The average Bonchev–Trinajstić information content (AvgIpc) is 3.13. The molecule has 0 unspecified atom stereocenters. The molecule has 1 aliphatic heterocycles. The molecule has 1 saturated heterocycles. The number of hydrogen-bond acceptors (Lipinski definition) is 8. The van der Waals surface area contributed by atoms with Gasteiger partial charge in [0.05, 0.1) is 27.9 Å². The first-order chi connectivity index (χ1) is 15.2. The van der Waals surface area contributed by atoms with Crippen LogP contribution in [0.5, 0.6) is 0 Å². The molecule has 14 heteroatoms. The van der Waals surface area contributed by atoms with Crippen molar-refractivity contribution in [2.24, 2.45) is 0 Å². The predicted molar refractivity (Wildman–Crippen MR) is 114 cm³/mol. The molecule has 0 radical (unpaired) electrons. The molecule has 3 heterocycles. The normalized spacial score (nSPS) is 25.1. The lowest BCUT2D eigenvalue weighted by atomic mass is 9.72. The third kappa shape index (κ3) is 5.28. The van der Waals surface area contributed by atoms with Gasteiger partial charge in [-0.3, -0.25) is 0 Å². The van der Waals surface area contributed by atoms with Crippen molar-refractivity contribution in [1.29, 1.82) is 0 Å². The lowest BCUT2D eigenvalue weighted by molar-refractivity contribution is -0.140. The molecule has 0 spiro atoms. The van der Waals surface area contributed by atoms with Crippen LogP contribution in [0, 0.1) is 5.82 Å². The minimum Gasteiger partial charge on any atom is -0.390 e. The molecule has 4 rings (SSSR count). The van der Waals surface area contributed by atoms with Crippen LogP contribution >= 0.6 is 11.3 Å². The van der Waals surface area contributed by atoms with Crippen molar-refractivity contribution in [2.75, 3.05) is 24.7 Å². The zero-order chi connectivity index (χ0) is 24.2. The fourth-order valence-corrected chi connectivity index (χ4v) is 6.20. The number of anilines is 1. The lowest BCUT2D eigenvalue weighted by Crippen LogP contribution is -2.42. The van der Waals surface area contributed by atoms with Crippen molar-refractivity contribution >= 4 is 27.3 Å². The number of alkyl halides is 3. The zero-order valence-corrected chi connectivity index (χ0v) is 19.5. The van der Waals surface area contributed by atoms with Gasteiger partial charge in [-0.1, -0.05) is 0 Å². The molecule has 2 aliphatic rings. The Balaban J connectivity index is 1.58. The van der Waals surface area contributed by atoms with Gasteiger partial charge in [0.25, 0.3) is 0 Å².